The van der Waals surface area contributed by atoms with E-state index in [0.717, 1.165) is 11.1 Å². The number of fused-ring (bicyclic) bond motifs is 1. The van der Waals surface area contributed by atoms with Crippen LogP contribution < -0.4 is 4.18 Å². The number of nitrogens with zero attached hydrogens (tertiary/aromatic N) is 4. The molecule has 0 bridgehead atoms. The average Bonchev–Trinajstić information content (AvgIpc) is 3.43. The molecule has 5 rings (SSSR count). The van der Waals surface area contributed by atoms with Crippen molar-refractivity contribution in [1.82, 2.24) is 19.8 Å². The number of aromatic nitrogens is 4. The number of aryl methyl sites for hydroxylation is 2. The van der Waals surface area contributed by atoms with Crippen LogP contribution in [0.4, 0.5) is 4.39 Å². The van der Waals surface area contributed by atoms with E-state index in [2.05, 4.69) is 15.3 Å². The average molecular weight is 481 g/mol. The Hall–Kier alpha value is -3.63. The molecule has 0 saturated carbocycles. The van der Waals surface area contributed by atoms with Crippen LogP contribution >= 0.6 is 11.3 Å². The molecule has 0 amide bonds. The highest BCUT2D eigenvalue weighted by molar-refractivity contribution is 7.87. The minimum atomic E-state index is -4.24. The van der Waals surface area contributed by atoms with Crippen molar-refractivity contribution in [3.63, 3.8) is 0 Å². The summed E-state index contributed by atoms with van der Waals surface area (Å²) in [6.45, 7) is 3.55. The molecule has 0 aliphatic heterocycles. The lowest BCUT2D eigenvalue weighted by Gasteiger charge is -2.08. The molecule has 10 heteroatoms. The first kappa shape index (κ1) is 21.2. The van der Waals surface area contributed by atoms with Gasteiger partial charge in [-0.25, -0.2) is 8.91 Å². The van der Waals surface area contributed by atoms with Crippen LogP contribution in [0.15, 0.2) is 70.3 Å². The van der Waals surface area contributed by atoms with Crippen LogP contribution in [0.3, 0.4) is 0 Å². The lowest BCUT2D eigenvalue weighted by atomic mass is 10.1. The molecule has 2 aromatic carbocycles. The van der Waals surface area contributed by atoms with Crippen molar-refractivity contribution in [3.8, 4) is 28.4 Å². The van der Waals surface area contributed by atoms with E-state index in [-0.39, 0.29) is 21.9 Å². The fourth-order valence-corrected chi connectivity index (χ4v) is 5.02. The Morgan fingerprint density at radius 3 is 2.45 bits per heavy atom. The SMILES string of the molecule is Cc1ccc(S(=O)(=O)Oc2nn3c(-c4ccsc4)nnc(C)c3c2-c2ccccc2F)cc1. The fourth-order valence-electron chi connectivity index (χ4n) is 3.49. The molecule has 0 radical (unpaired) electrons. The van der Waals surface area contributed by atoms with Gasteiger partial charge in [0.15, 0.2) is 5.82 Å². The molecule has 0 atom stereocenters. The summed E-state index contributed by atoms with van der Waals surface area (Å²) in [6, 6.07) is 14.1. The van der Waals surface area contributed by atoms with E-state index < -0.39 is 15.9 Å². The van der Waals surface area contributed by atoms with E-state index in [1.807, 2.05) is 23.8 Å². The fraction of sp³-hybridized carbons (Fsp3) is 0.0870. The second-order valence-corrected chi connectivity index (χ2v) is 9.72. The summed E-state index contributed by atoms with van der Waals surface area (Å²) in [7, 11) is -4.24. The third kappa shape index (κ3) is 3.77. The van der Waals surface area contributed by atoms with Crippen molar-refractivity contribution >= 4 is 27.0 Å². The highest BCUT2D eigenvalue weighted by atomic mass is 32.2. The molecule has 3 aromatic heterocycles. The molecule has 0 saturated heterocycles. The zero-order chi connectivity index (χ0) is 23.2. The van der Waals surface area contributed by atoms with E-state index in [4.69, 9.17) is 4.18 Å². The Morgan fingerprint density at radius 2 is 1.76 bits per heavy atom. The minimum Gasteiger partial charge on any atom is -0.356 e. The van der Waals surface area contributed by atoms with E-state index in [1.54, 1.807) is 37.3 Å². The molecule has 5 aromatic rings. The van der Waals surface area contributed by atoms with Gasteiger partial charge >= 0.3 is 10.1 Å². The van der Waals surface area contributed by atoms with Gasteiger partial charge in [0.1, 0.15) is 16.2 Å². The highest BCUT2D eigenvalue weighted by Gasteiger charge is 2.28. The van der Waals surface area contributed by atoms with Gasteiger partial charge in [-0.2, -0.15) is 24.9 Å². The van der Waals surface area contributed by atoms with Crippen LogP contribution in [-0.4, -0.2) is 28.2 Å². The molecule has 7 nitrogen and oxygen atoms in total. The lowest BCUT2D eigenvalue weighted by molar-refractivity contribution is 0.474. The van der Waals surface area contributed by atoms with Gasteiger partial charge in [-0.15, -0.1) is 10.2 Å². The van der Waals surface area contributed by atoms with Crippen LogP contribution in [0.2, 0.25) is 0 Å². The Bertz CT molecular complexity index is 1580. The topological polar surface area (TPSA) is 86.5 Å². The predicted molar refractivity (Wildman–Crippen MR) is 123 cm³/mol. The van der Waals surface area contributed by atoms with Crippen molar-refractivity contribution < 1.29 is 17.0 Å². The summed E-state index contributed by atoms with van der Waals surface area (Å²) >= 11 is 1.47. The Morgan fingerprint density at radius 1 is 1.00 bits per heavy atom. The zero-order valence-corrected chi connectivity index (χ0v) is 19.2. The monoisotopic (exact) mass is 480 g/mol. The molecular weight excluding hydrogens is 463 g/mol. The summed E-state index contributed by atoms with van der Waals surface area (Å²) in [4.78, 5) is -0.0318. The van der Waals surface area contributed by atoms with Crippen LogP contribution in [0.5, 0.6) is 5.88 Å². The van der Waals surface area contributed by atoms with Crippen molar-refractivity contribution in [2.45, 2.75) is 18.7 Å². The predicted octanol–water partition coefficient (Wildman–Crippen LogP) is 5.04. The molecule has 3 heterocycles. The van der Waals surface area contributed by atoms with Crippen molar-refractivity contribution in [2.24, 2.45) is 0 Å². The smallest absolute Gasteiger partial charge is 0.340 e. The van der Waals surface area contributed by atoms with Crippen molar-refractivity contribution in [3.05, 3.63) is 82.4 Å². The maximum absolute atomic E-state index is 14.9. The normalized spacial score (nSPS) is 11.7. The largest absolute Gasteiger partial charge is 0.356 e. The summed E-state index contributed by atoms with van der Waals surface area (Å²) in [5.41, 5.74) is 2.84. The second kappa shape index (κ2) is 8.05. The number of thiophene rings is 1. The molecule has 0 unspecified atom stereocenters. The first-order valence-electron chi connectivity index (χ1n) is 9.90. The summed E-state index contributed by atoms with van der Waals surface area (Å²) in [6.07, 6.45) is 0. The third-order valence-electron chi connectivity index (χ3n) is 5.11. The lowest BCUT2D eigenvalue weighted by Crippen LogP contribution is -2.11. The molecule has 0 aliphatic carbocycles. The summed E-state index contributed by atoms with van der Waals surface area (Å²) in [5.74, 6) is -0.412. The van der Waals surface area contributed by atoms with E-state index in [0.29, 0.717) is 17.0 Å². The molecule has 0 aliphatic rings. The van der Waals surface area contributed by atoms with Gasteiger partial charge in [0.05, 0.1) is 11.3 Å². The molecule has 33 heavy (non-hydrogen) atoms. The summed E-state index contributed by atoms with van der Waals surface area (Å²) < 4.78 is 48.0. The quantitative estimate of drug-likeness (QED) is 0.328. The number of hydrogen-bond donors (Lipinski definition) is 0. The second-order valence-electron chi connectivity index (χ2n) is 7.39. The van der Waals surface area contributed by atoms with E-state index in [1.165, 1.54) is 34.1 Å². The van der Waals surface area contributed by atoms with Crippen LogP contribution in [-0.2, 0) is 10.1 Å². The van der Waals surface area contributed by atoms with Gasteiger partial charge in [0.25, 0.3) is 5.88 Å². The Labute approximate surface area is 193 Å². The molecule has 166 valence electrons. The van der Waals surface area contributed by atoms with Gasteiger partial charge in [0.2, 0.25) is 0 Å². The van der Waals surface area contributed by atoms with E-state index >= 15 is 0 Å². The standard InChI is InChI=1S/C23H17FN4O3S2/c1-14-7-9-17(10-8-14)33(29,30)31-23-20(18-5-3-4-6-19(18)24)21-15(2)25-26-22(28(21)27-23)16-11-12-32-13-16/h3-13H,1-2H3. The van der Waals surface area contributed by atoms with Crippen molar-refractivity contribution in [1.29, 1.82) is 0 Å². The number of hydrogen-bond acceptors (Lipinski definition) is 7. The number of halogens is 1. The van der Waals surface area contributed by atoms with Gasteiger partial charge < -0.3 is 4.18 Å². The number of rotatable bonds is 5. The molecule has 0 N–H and O–H groups in total. The third-order valence-corrected chi connectivity index (χ3v) is 7.02. The first-order chi connectivity index (χ1) is 15.8. The maximum atomic E-state index is 14.9. The zero-order valence-electron chi connectivity index (χ0n) is 17.6. The van der Waals surface area contributed by atoms with Gasteiger partial charge in [-0.1, -0.05) is 35.9 Å². The Balaban J connectivity index is 1.78. The first-order valence-corrected chi connectivity index (χ1v) is 12.2. The van der Waals surface area contributed by atoms with Gasteiger partial charge in [0, 0.05) is 16.5 Å². The highest BCUT2D eigenvalue weighted by Crippen LogP contribution is 2.39. The van der Waals surface area contributed by atoms with Gasteiger partial charge in [-0.3, -0.25) is 0 Å². The Kier molecular flexibility index (Phi) is 5.18. The molecule has 0 spiro atoms. The number of benzene rings is 2. The van der Waals surface area contributed by atoms with E-state index in [9.17, 15) is 12.8 Å². The van der Waals surface area contributed by atoms with Crippen LogP contribution in [0.1, 0.15) is 11.3 Å². The van der Waals surface area contributed by atoms with Crippen LogP contribution in [0.25, 0.3) is 28.0 Å². The molecule has 0 fully saturated rings. The van der Waals surface area contributed by atoms with Crippen molar-refractivity contribution in [2.75, 3.05) is 0 Å². The van der Waals surface area contributed by atoms with Gasteiger partial charge in [-0.05, 0) is 43.5 Å². The van der Waals surface area contributed by atoms with Crippen LogP contribution in [0, 0.1) is 19.7 Å². The minimum absolute atomic E-state index is 0.0318. The maximum Gasteiger partial charge on any atom is 0.340 e. The summed E-state index contributed by atoms with van der Waals surface area (Å²) in [5, 5.41) is 16.6. The molecular formula is C23H17FN4O3S2.